The number of aromatic nitrogens is 5. The van der Waals surface area contributed by atoms with E-state index in [1.165, 1.54) is 5.56 Å². The second-order valence-electron chi connectivity index (χ2n) is 7.68. The molecule has 0 aromatic carbocycles. The number of hydrogen-bond acceptors (Lipinski definition) is 7. The molecule has 2 atom stereocenters. The average Bonchev–Trinajstić information content (AvgIpc) is 3.20. The zero-order valence-electron chi connectivity index (χ0n) is 17.3. The van der Waals surface area contributed by atoms with Crippen molar-refractivity contribution in [1.82, 2.24) is 24.9 Å². The van der Waals surface area contributed by atoms with Crippen LogP contribution in [0.15, 0.2) is 30.9 Å². The fourth-order valence-electron chi connectivity index (χ4n) is 3.56. The van der Waals surface area contributed by atoms with Gasteiger partial charge >= 0.3 is 0 Å². The minimum absolute atomic E-state index is 0.336. The minimum Gasteiger partial charge on any atom is -0.491 e. The van der Waals surface area contributed by atoms with Gasteiger partial charge in [-0.05, 0) is 31.7 Å². The number of rotatable bonds is 6. The fraction of sp³-hybridized carbons (Fsp3) is 0.409. The molecule has 1 aliphatic heterocycles. The number of ether oxygens (including phenoxy) is 1. The van der Waals surface area contributed by atoms with Gasteiger partial charge in [-0.25, -0.2) is 19.9 Å². The third kappa shape index (κ3) is 4.18. The average molecular weight is 390 g/mol. The van der Waals surface area contributed by atoms with E-state index in [-0.39, 0.29) is 0 Å². The van der Waals surface area contributed by atoms with E-state index >= 15 is 0 Å². The van der Waals surface area contributed by atoms with E-state index in [9.17, 15) is 0 Å². The molecule has 0 saturated carbocycles. The monoisotopic (exact) mass is 390 g/mol. The molecule has 0 fully saturated rings. The van der Waals surface area contributed by atoms with Crippen LogP contribution in [0.4, 0.5) is 5.82 Å². The Morgan fingerprint density at radius 1 is 1.07 bits per heavy atom. The number of nitrogens with one attached hydrogen (secondary N) is 1. The molecule has 0 aliphatic carbocycles. The summed E-state index contributed by atoms with van der Waals surface area (Å²) in [6.07, 6.45) is 6.03. The summed E-state index contributed by atoms with van der Waals surface area (Å²) in [5.74, 6) is 3.24. The highest BCUT2D eigenvalue weighted by molar-refractivity contribution is 5.60. The Hall–Kier alpha value is -3.09. The van der Waals surface area contributed by atoms with E-state index in [0.29, 0.717) is 11.8 Å². The summed E-state index contributed by atoms with van der Waals surface area (Å²) in [4.78, 5) is 21.8. The lowest BCUT2D eigenvalue weighted by molar-refractivity contribution is 0.347. The Morgan fingerprint density at radius 3 is 2.66 bits per heavy atom. The van der Waals surface area contributed by atoms with E-state index in [1.54, 1.807) is 18.7 Å². The van der Waals surface area contributed by atoms with Crippen molar-refractivity contribution in [3.63, 3.8) is 0 Å². The SMILES string of the molecule is Cc1cc([C@H](C)C(C)CNc2cc(-c3cnc(C)nc3)ncn2)c2c(n1)CCO2. The van der Waals surface area contributed by atoms with Gasteiger partial charge in [-0.2, -0.15) is 0 Å². The van der Waals surface area contributed by atoms with Gasteiger partial charge in [-0.15, -0.1) is 0 Å². The molecule has 7 nitrogen and oxygen atoms in total. The van der Waals surface area contributed by atoms with Crippen molar-refractivity contribution in [1.29, 1.82) is 0 Å². The largest absolute Gasteiger partial charge is 0.491 e. The second kappa shape index (κ2) is 8.11. The molecule has 7 heteroatoms. The standard InChI is InChI=1S/C22H26N6O/c1-13(15(3)18-7-14(2)28-19-5-6-29-22(18)19)9-25-21-8-20(26-12-27-21)17-10-23-16(4)24-11-17/h7-8,10-13,15H,5-6,9H2,1-4H3,(H,25,26,27)/t13?,15-/m1/s1. The predicted molar refractivity (Wildman–Crippen MR) is 112 cm³/mol. The highest BCUT2D eigenvalue weighted by Gasteiger charge is 2.25. The van der Waals surface area contributed by atoms with E-state index in [1.807, 2.05) is 13.0 Å². The summed E-state index contributed by atoms with van der Waals surface area (Å²) in [7, 11) is 0. The molecule has 0 saturated heterocycles. The quantitative estimate of drug-likeness (QED) is 0.686. The number of fused-ring (bicyclic) bond motifs is 1. The van der Waals surface area contributed by atoms with Crippen molar-refractivity contribution in [2.45, 2.75) is 40.0 Å². The van der Waals surface area contributed by atoms with Crippen molar-refractivity contribution in [2.24, 2.45) is 5.92 Å². The lowest BCUT2D eigenvalue weighted by Crippen LogP contribution is -2.18. The van der Waals surface area contributed by atoms with Gasteiger partial charge in [0, 0.05) is 48.2 Å². The molecule has 1 unspecified atom stereocenters. The number of pyridine rings is 1. The summed E-state index contributed by atoms with van der Waals surface area (Å²) in [5.41, 5.74) is 5.07. The highest BCUT2D eigenvalue weighted by Crippen LogP contribution is 2.37. The van der Waals surface area contributed by atoms with Crippen LogP contribution < -0.4 is 10.1 Å². The summed E-state index contributed by atoms with van der Waals surface area (Å²) < 4.78 is 5.88. The topological polar surface area (TPSA) is 85.7 Å². The maximum absolute atomic E-state index is 5.88. The Labute approximate surface area is 171 Å². The number of aryl methyl sites for hydroxylation is 2. The van der Waals surface area contributed by atoms with Crippen molar-refractivity contribution in [3.8, 4) is 17.0 Å². The summed E-state index contributed by atoms with van der Waals surface area (Å²) in [6, 6.07) is 4.09. The Bertz CT molecular complexity index is 1000. The molecule has 3 aromatic heterocycles. The van der Waals surface area contributed by atoms with Gasteiger partial charge in [0.2, 0.25) is 0 Å². The molecule has 4 heterocycles. The number of nitrogens with zero attached hydrogens (tertiary/aromatic N) is 5. The molecular formula is C22H26N6O. The van der Waals surface area contributed by atoms with Gasteiger partial charge < -0.3 is 10.1 Å². The van der Waals surface area contributed by atoms with Crippen molar-refractivity contribution < 1.29 is 4.74 Å². The van der Waals surface area contributed by atoms with Crippen molar-refractivity contribution >= 4 is 5.82 Å². The smallest absolute Gasteiger partial charge is 0.144 e. The van der Waals surface area contributed by atoms with Gasteiger partial charge in [0.15, 0.2) is 0 Å². The van der Waals surface area contributed by atoms with Crippen molar-refractivity contribution in [3.05, 3.63) is 53.6 Å². The first kappa shape index (κ1) is 19.2. The van der Waals surface area contributed by atoms with Crippen LogP contribution >= 0.6 is 0 Å². The molecule has 4 rings (SSSR count). The van der Waals surface area contributed by atoms with Gasteiger partial charge in [-0.3, -0.25) is 4.98 Å². The zero-order chi connectivity index (χ0) is 20.4. The van der Waals surface area contributed by atoms with Gasteiger partial charge in [0.05, 0.1) is 18.0 Å². The number of anilines is 1. The van der Waals surface area contributed by atoms with Crippen LogP contribution in [0.3, 0.4) is 0 Å². The highest BCUT2D eigenvalue weighted by atomic mass is 16.5. The first-order chi connectivity index (χ1) is 14.0. The van der Waals surface area contributed by atoms with Gasteiger partial charge in [-0.1, -0.05) is 13.8 Å². The van der Waals surface area contributed by atoms with Crippen molar-refractivity contribution in [2.75, 3.05) is 18.5 Å². The first-order valence-electron chi connectivity index (χ1n) is 9.99. The van der Waals surface area contributed by atoms with Crippen LogP contribution in [0.5, 0.6) is 5.75 Å². The lowest BCUT2D eigenvalue weighted by Gasteiger charge is -2.23. The maximum Gasteiger partial charge on any atom is 0.144 e. The normalized spacial score (nSPS) is 14.8. The number of hydrogen-bond donors (Lipinski definition) is 1. The zero-order valence-corrected chi connectivity index (χ0v) is 17.3. The molecule has 0 radical (unpaired) electrons. The van der Waals surface area contributed by atoms with Crippen LogP contribution in [0, 0.1) is 19.8 Å². The van der Waals surface area contributed by atoms with E-state index in [0.717, 1.165) is 59.6 Å². The summed E-state index contributed by atoms with van der Waals surface area (Å²) in [5, 5.41) is 3.45. The van der Waals surface area contributed by atoms with Gasteiger partial charge in [0.1, 0.15) is 23.7 Å². The lowest BCUT2D eigenvalue weighted by atomic mass is 9.88. The molecular weight excluding hydrogens is 364 g/mol. The molecule has 1 N–H and O–H groups in total. The molecule has 0 amide bonds. The van der Waals surface area contributed by atoms with E-state index < -0.39 is 0 Å². The van der Waals surface area contributed by atoms with Crippen LogP contribution in [0.25, 0.3) is 11.3 Å². The molecule has 29 heavy (non-hydrogen) atoms. The Morgan fingerprint density at radius 2 is 1.86 bits per heavy atom. The molecule has 0 bridgehead atoms. The minimum atomic E-state index is 0.336. The van der Waals surface area contributed by atoms with E-state index in [2.05, 4.69) is 57.1 Å². The Kier molecular flexibility index (Phi) is 5.38. The summed E-state index contributed by atoms with van der Waals surface area (Å²) >= 11 is 0. The van der Waals surface area contributed by atoms with Crippen LogP contribution in [-0.2, 0) is 6.42 Å². The summed E-state index contributed by atoms with van der Waals surface area (Å²) in [6.45, 7) is 9.92. The molecule has 1 aliphatic rings. The molecule has 150 valence electrons. The Balaban J connectivity index is 1.46. The molecule has 3 aromatic rings. The van der Waals surface area contributed by atoms with Crippen LogP contribution in [-0.4, -0.2) is 38.1 Å². The molecule has 0 spiro atoms. The first-order valence-corrected chi connectivity index (χ1v) is 9.99. The van der Waals surface area contributed by atoms with Crippen LogP contribution in [0.2, 0.25) is 0 Å². The third-order valence-corrected chi connectivity index (χ3v) is 5.48. The fourth-order valence-corrected chi connectivity index (χ4v) is 3.56. The van der Waals surface area contributed by atoms with Gasteiger partial charge in [0.25, 0.3) is 0 Å². The maximum atomic E-state index is 5.88. The van der Waals surface area contributed by atoms with E-state index in [4.69, 9.17) is 4.74 Å². The third-order valence-electron chi connectivity index (χ3n) is 5.48. The predicted octanol–water partition coefficient (Wildman–Crippen LogP) is 3.73. The van der Waals surface area contributed by atoms with Crippen LogP contribution in [0.1, 0.15) is 42.5 Å². The second-order valence-corrected chi connectivity index (χ2v) is 7.68.